The van der Waals surface area contributed by atoms with Gasteiger partial charge in [-0.3, -0.25) is 0 Å². The largest absolute Gasteiger partial charge is 0.486 e. The molecule has 0 amide bonds. The van der Waals surface area contributed by atoms with E-state index < -0.39 is 5.82 Å². The van der Waals surface area contributed by atoms with Gasteiger partial charge in [-0.05, 0) is 25.2 Å². The highest BCUT2D eigenvalue weighted by Crippen LogP contribution is 2.22. The molecule has 1 aromatic carbocycles. The SMILES string of the molecule is CNCc1coc(COc2ccc(F)c(Cl)c2)c1. The highest BCUT2D eigenvalue weighted by Gasteiger charge is 2.04. The van der Waals surface area contributed by atoms with Gasteiger partial charge in [-0.2, -0.15) is 0 Å². The van der Waals surface area contributed by atoms with Crippen molar-refractivity contribution in [3.63, 3.8) is 0 Å². The molecule has 0 unspecified atom stereocenters. The predicted octanol–water partition coefficient (Wildman–Crippen LogP) is 3.37. The number of hydrogen-bond donors (Lipinski definition) is 1. The number of hydrogen-bond acceptors (Lipinski definition) is 3. The molecule has 18 heavy (non-hydrogen) atoms. The van der Waals surface area contributed by atoms with Crippen molar-refractivity contribution in [1.29, 1.82) is 0 Å². The summed E-state index contributed by atoms with van der Waals surface area (Å²) in [4.78, 5) is 0. The number of nitrogens with one attached hydrogen (secondary N) is 1. The first-order chi connectivity index (χ1) is 8.69. The van der Waals surface area contributed by atoms with Gasteiger partial charge in [0.25, 0.3) is 0 Å². The minimum absolute atomic E-state index is 0.0443. The molecule has 0 aliphatic carbocycles. The Labute approximate surface area is 110 Å². The van der Waals surface area contributed by atoms with Gasteiger partial charge in [0.2, 0.25) is 0 Å². The van der Waals surface area contributed by atoms with Gasteiger partial charge in [-0.15, -0.1) is 0 Å². The van der Waals surface area contributed by atoms with Crippen LogP contribution in [0.4, 0.5) is 4.39 Å². The Balaban J connectivity index is 1.95. The van der Waals surface area contributed by atoms with Crippen molar-refractivity contribution in [3.8, 4) is 5.75 Å². The van der Waals surface area contributed by atoms with Gasteiger partial charge < -0.3 is 14.5 Å². The third kappa shape index (κ3) is 3.24. The van der Waals surface area contributed by atoms with Crippen molar-refractivity contribution >= 4 is 11.6 Å². The number of rotatable bonds is 5. The second kappa shape index (κ2) is 5.89. The Morgan fingerprint density at radius 3 is 2.94 bits per heavy atom. The molecule has 1 aromatic heterocycles. The average Bonchev–Trinajstić information content (AvgIpc) is 2.79. The van der Waals surface area contributed by atoms with Crippen LogP contribution < -0.4 is 10.1 Å². The molecule has 2 rings (SSSR count). The van der Waals surface area contributed by atoms with E-state index in [4.69, 9.17) is 20.8 Å². The summed E-state index contributed by atoms with van der Waals surface area (Å²) in [6.45, 7) is 1.03. The lowest BCUT2D eigenvalue weighted by molar-refractivity contribution is 0.270. The van der Waals surface area contributed by atoms with Crippen molar-refractivity contribution < 1.29 is 13.5 Å². The summed E-state index contributed by atoms with van der Waals surface area (Å²) < 4.78 is 23.7. The number of benzene rings is 1. The molecule has 5 heteroatoms. The average molecular weight is 270 g/mol. The van der Waals surface area contributed by atoms with Crippen LogP contribution in [0.2, 0.25) is 5.02 Å². The first-order valence-electron chi connectivity index (χ1n) is 5.48. The topological polar surface area (TPSA) is 34.4 Å². The molecule has 0 fully saturated rings. The third-order valence-electron chi connectivity index (χ3n) is 2.36. The maximum absolute atomic E-state index is 12.9. The van der Waals surface area contributed by atoms with Crippen LogP contribution in [-0.4, -0.2) is 7.05 Å². The van der Waals surface area contributed by atoms with E-state index in [2.05, 4.69) is 5.32 Å². The molecule has 0 aliphatic rings. The number of furan rings is 1. The fourth-order valence-corrected chi connectivity index (χ4v) is 1.69. The first kappa shape index (κ1) is 12.9. The van der Waals surface area contributed by atoms with Crippen LogP contribution in [0, 0.1) is 5.82 Å². The molecule has 0 radical (unpaired) electrons. The van der Waals surface area contributed by atoms with Gasteiger partial charge in [-0.1, -0.05) is 11.6 Å². The summed E-state index contributed by atoms with van der Waals surface area (Å²) in [5, 5.41) is 3.07. The molecule has 1 heterocycles. The minimum atomic E-state index is -0.460. The van der Waals surface area contributed by atoms with Crippen LogP contribution in [0.1, 0.15) is 11.3 Å². The summed E-state index contributed by atoms with van der Waals surface area (Å²) in [5.41, 5.74) is 1.05. The number of halogens is 2. The molecule has 0 saturated carbocycles. The van der Waals surface area contributed by atoms with Gasteiger partial charge in [0.15, 0.2) is 0 Å². The van der Waals surface area contributed by atoms with Crippen LogP contribution in [0.25, 0.3) is 0 Å². The Morgan fingerprint density at radius 2 is 2.22 bits per heavy atom. The van der Waals surface area contributed by atoms with Crippen LogP contribution in [0.3, 0.4) is 0 Å². The standard InChI is InChI=1S/C13H13ClFNO2/c1-16-6-9-4-11(17-7-9)8-18-10-2-3-13(15)12(14)5-10/h2-5,7,16H,6,8H2,1H3. The lowest BCUT2D eigenvalue weighted by Gasteiger charge is -2.04. The lowest BCUT2D eigenvalue weighted by atomic mass is 10.3. The first-order valence-corrected chi connectivity index (χ1v) is 5.85. The van der Waals surface area contributed by atoms with E-state index >= 15 is 0 Å². The van der Waals surface area contributed by atoms with E-state index in [9.17, 15) is 4.39 Å². The lowest BCUT2D eigenvalue weighted by Crippen LogP contribution is -2.03. The zero-order valence-corrected chi connectivity index (χ0v) is 10.6. The van der Waals surface area contributed by atoms with E-state index in [0.29, 0.717) is 11.5 Å². The molecule has 0 saturated heterocycles. The molecule has 0 bridgehead atoms. The highest BCUT2D eigenvalue weighted by molar-refractivity contribution is 6.30. The smallest absolute Gasteiger partial charge is 0.146 e. The summed E-state index contributed by atoms with van der Waals surface area (Å²) in [6.07, 6.45) is 1.67. The third-order valence-corrected chi connectivity index (χ3v) is 2.65. The highest BCUT2D eigenvalue weighted by atomic mass is 35.5. The summed E-state index contributed by atoms with van der Waals surface area (Å²) >= 11 is 5.65. The second-order valence-corrected chi connectivity index (χ2v) is 4.22. The molecule has 96 valence electrons. The van der Waals surface area contributed by atoms with Crippen LogP contribution in [0.15, 0.2) is 34.9 Å². The quantitative estimate of drug-likeness (QED) is 0.904. The fraction of sp³-hybridized carbons (Fsp3) is 0.231. The molecule has 0 aliphatic heterocycles. The molecule has 0 atom stereocenters. The molecular formula is C13H13ClFNO2. The van der Waals surface area contributed by atoms with Gasteiger partial charge >= 0.3 is 0 Å². The maximum atomic E-state index is 12.9. The Hall–Kier alpha value is -1.52. The van der Waals surface area contributed by atoms with Crippen LogP contribution in [-0.2, 0) is 13.2 Å². The normalized spacial score (nSPS) is 10.6. The summed E-state index contributed by atoms with van der Waals surface area (Å²) in [6, 6.07) is 6.14. The predicted molar refractivity (Wildman–Crippen MR) is 67.2 cm³/mol. The van der Waals surface area contributed by atoms with E-state index in [1.54, 1.807) is 6.26 Å². The molecule has 1 N–H and O–H groups in total. The van der Waals surface area contributed by atoms with E-state index in [0.717, 1.165) is 12.1 Å². The Bertz CT molecular complexity index is 527. The van der Waals surface area contributed by atoms with Gasteiger partial charge in [-0.25, -0.2) is 4.39 Å². The molecular weight excluding hydrogens is 257 g/mol. The molecule has 3 nitrogen and oxygen atoms in total. The monoisotopic (exact) mass is 269 g/mol. The van der Waals surface area contributed by atoms with Gasteiger partial charge in [0.1, 0.15) is 23.9 Å². The summed E-state index contributed by atoms with van der Waals surface area (Å²) in [5.74, 6) is 0.756. The van der Waals surface area contributed by atoms with Crippen molar-refractivity contribution in [1.82, 2.24) is 5.32 Å². The fourth-order valence-electron chi connectivity index (χ4n) is 1.52. The van der Waals surface area contributed by atoms with Crippen LogP contribution in [0.5, 0.6) is 5.75 Å². The number of ether oxygens (including phenoxy) is 1. The van der Waals surface area contributed by atoms with Crippen molar-refractivity contribution in [3.05, 3.63) is 52.7 Å². The van der Waals surface area contributed by atoms with E-state index in [1.807, 2.05) is 13.1 Å². The van der Waals surface area contributed by atoms with E-state index in [-0.39, 0.29) is 11.6 Å². The molecule has 2 aromatic rings. The van der Waals surface area contributed by atoms with Gasteiger partial charge in [0, 0.05) is 18.2 Å². The van der Waals surface area contributed by atoms with Gasteiger partial charge in [0.05, 0.1) is 11.3 Å². The summed E-state index contributed by atoms with van der Waals surface area (Å²) in [7, 11) is 1.86. The van der Waals surface area contributed by atoms with Crippen LogP contribution >= 0.6 is 11.6 Å². The zero-order valence-electron chi connectivity index (χ0n) is 9.87. The molecule has 0 spiro atoms. The van der Waals surface area contributed by atoms with Crippen molar-refractivity contribution in [2.45, 2.75) is 13.2 Å². The van der Waals surface area contributed by atoms with E-state index in [1.165, 1.54) is 18.2 Å². The Kier molecular flexibility index (Phi) is 4.23. The Morgan fingerprint density at radius 1 is 1.39 bits per heavy atom. The minimum Gasteiger partial charge on any atom is -0.486 e. The van der Waals surface area contributed by atoms with Crippen molar-refractivity contribution in [2.75, 3.05) is 7.05 Å². The van der Waals surface area contributed by atoms with Crippen molar-refractivity contribution in [2.24, 2.45) is 0 Å². The second-order valence-electron chi connectivity index (χ2n) is 3.82. The zero-order chi connectivity index (χ0) is 13.0. The maximum Gasteiger partial charge on any atom is 0.146 e.